The summed E-state index contributed by atoms with van der Waals surface area (Å²) in [6.45, 7) is 2.33. The lowest BCUT2D eigenvalue weighted by molar-refractivity contribution is 0.759. The molecule has 13 rings (SSSR count). The minimum atomic E-state index is 0.334. The molecular weight excluding hydrogens is 839 g/mol. The average molecular weight is 884 g/mol. The summed E-state index contributed by atoms with van der Waals surface area (Å²) in [6, 6.07) is 75.6. The summed E-state index contributed by atoms with van der Waals surface area (Å²) in [4.78, 5) is 16.1. The van der Waals surface area contributed by atoms with Gasteiger partial charge in [0, 0.05) is 38.8 Å². The molecule has 0 spiro atoms. The number of nitrogens with zero attached hydrogens (tertiary/aromatic N) is 4. The normalized spacial score (nSPS) is 13.7. The van der Waals surface area contributed by atoms with Crippen molar-refractivity contribution in [3.8, 4) is 51.0 Å². The fourth-order valence-corrected chi connectivity index (χ4v) is 10.5. The molecule has 1 N–H and O–H groups in total. The number of allylic oxidation sites excluding steroid dienone is 4. The first kappa shape index (κ1) is 40.4. The van der Waals surface area contributed by atoms with Crippen molar-refractivity contribution in [1.29, 1.82) is 0 Å². The van der Waals surface area contributed by atoms with Crippen molar-refractivity contribution in [2.45, 2.75) is 13.3 Å². The number of rotatable bonds is 8. The average Bonchev–Trinajstić information content (AvgIpc) is 3.74. The van der Waals surface area contributed by atoms with Gasteiger partial charge < -0.3 is 5.32 Å². The standard InChI is InChI=1S/C64H45N5/c1-41-18-8-9-27-49(41)57-39-58-55-32-14-15-33-60(55)69(61(58)40-59(57)65-48-34-35-54-52-30-11-10-28-50(52)51-29-12-13-31-53(51)56(54)38-48)64-67-62(46-25-16-23-44(36-46)42-19-4-2-5-20-42)66-63(68-64)47-26-17-24-45(37-47)43-21-6-3-7-22-43/h2-17,19-41,65H,18H2,1H3. The SMILES string of the molecule is CC1CC=CC=C1c1cc2c3ccccc3n(-c3nc(-c4cccc(-c5ccccc5)c4)nc(-c4cccc(-c5ccccc5)c4)n3)c2cc1Nc1ccc2c3ccccc3c3ccccc3c2c1. The van der Waals surface area contributed by atoms with Crippen LogP contribution < -0.4 is 5.32 Å². The number of fused-ring (bicyclic) bond motifs is 9. The Kier molecular flexibility index (Phi) is 9.79. The second kappa shape index (κ2) is 16.7. The first-order valence-corrected chi connectivity index (χ1v) is 23.7. The Morgan fingerprint density at radius 1 is 0.420 bits per heavy atom. The summed E-state index contributed by atoms with van der Waals surface area (Å²) >= 11 is 0. The highest BCUT2D eigenvalue weighted by Crippen LogP contribution is 2.43. The largest absolute Gasteiger partial charge is 0.355 e. The molecule has 0 bridgehead atoms. The van der Waals surface area contributed by atoms with Crippen molar-refractivity contribution in [3.05, 3.63) is 236 Å². The first-order chi connectivity index (χ1) is 34.1. The van der Waals surface area contributed by atoms with E-state index in [1.54, 1.807) is 0 Å². The number of nitrogens with one attached hydrogen (secondary N) is 1. The van der Waals surface area contributed by atoms with Crippen LogP contribution in [-0.2, 0) is 0 Å². The van der Waals surface area contributed by atoms with Gasteiger partial charge in [-0.1, -0.05) is 195 Å². The zero-order chi connectivity index (χ0) is 45.8. The maximum absolute atomic E-state index is 5.41. The highest BCUT2D eigenvalue weighted by molar-refractivity contribution is 6.25. The molecule has 0 saturated heterocycles. The minimum Gasteiger partial charge on any atom is -0.355 e. The Morgan fingerprint density at radius 3 is 1.55 bits per heavy atom. The van der Waals surface area contributed by atoms with Crippen molar-refractivity contribution in [3.63, 3.8) is 0 Å². The zero-order valence-electron chi connectivity index (χ0n) is 38.0. The van der Waals surface area contributed by atoms with Crippen LogP contribution in [0.3, 0.4) is 0 Å². The van der Waals surface area contributed by atoms with Crippen molar-refractivity contribution < 1.29 is 0 Å². The molecular formula is C64H45N5. The fourth-order valence-electron chi connectivity index (χ4n) is 10.5. The van der Waals surface area contributed by atoms with Crippen LogP contribution >= 0.6 is 0 Å². The Bertz CT molecular complexity index is 3900. The Morgan fingerprint density at radius 2 is 0.942 bits per heavy atom. The lowest BCUT2D eigenvalue weighted by Gasteiger charge is -2.22. The molecule has 1 atom stereocenters. The Balaban J connectivity index is 1.04. The van der Waals surface area contributed by atoms with Crippen molar-refractivity contribution in [2.24, 2.45) is 5.92 Å². The van der Waals surface area contributed by atoms with Crippen LogP contribution in [-0.4, -0.2) is 19.5 Å². The number of anilines is 2. The summed E-state index contributed by atoms with van der Waals surface area (Å²) in [5.74, 6) is 2.08. The predicted octanol–water partition coefficient (Wildman–Crippen LogP) is 16.8. The van der Waals surface area contributed by atoms with E-state index in [4.69, 9.17) is 15.0 Å². The lowest BCUT2D eigenvalue weighted by atomic mass is 9.86. The van der Waals surface area contributed by atoms with Crippen LogP contribution in [0.15, 0.2) is 231 Å². The minimum absolute atomic E-state index is 0.334. The van der Waals surface area contributed by atoms with Crippen molar-refractivity contribution in [1.82, 2.24) is 19.5 Å². The molecule has 2 heterocycles. The highest BCUT2D eigenvalue weighted by atomic mass is 15.2. The van der Waals surface area contributed by atoms with Gasteiger partial charge in [0.1, 0.15) is 0 Å². The third kappa shape index (κ3) is 7.15. The summed E-state index contributed by atoms with van der Waals surface area (Å²) in [5.41, 5.74) is 12.8. The molecule has 12 aromatic rings. The topological polar surface area (TPSA) is 55.6 Å². The molecule has 0 amide bonds. The molecule has 0 saturated carbocycles. The highest BCUT2D eigenvalue weighted by Gasteiger charge is 2.23. The molecule has 2 aromatic heterocycles. The van der Waals surface area contributed by atoms with Gasteiger partial charge in [-0.15, -0.1) is 0 Å². The predicted molar refractivity (Wildman–Crippen MR) is 289 cm³/mol. The Labute approximate surface area is 400 Å². The van der Waals surface area contributed by atoms with Crippen molar-refractivity contribution >= 4 is 71.1 Å². The van der Waals surface area contributed by atoms with E-state index in [0.29, 0.717) is 23.5 Å². The molecule has 5 nitrogen and oxygen atoms in total. The second-order valence-electron chi connectivity index (χ2n) is 18.1. The number of hydrogen-bond donors (Lipinski definition) is 1. The molecule has 0 aliphatic heterocycles. The van der Waals surface area contributed by atoms with Gasteiger partial charge in [-0.25, -0.2) is 4.98 Å². The van der Waals surface area contributed by atoms with Crippen LogP contribution in [0.4, 0.5) is 11.4 Å². The van der Waals surface area contributed by atoms with Gasteiger partial charge in [0.05, 0.1) is 11.0 Å². The number of para-hydroxylation sites is 1. The van der Waals surface area contributed by atoms with Gasteiger partial charge in [0.25, 0.3) is 0 Å². The van der Waals surface area contributed by atoms with Gasteiger partial charge in [-0.3, -0.25) is 4.57 Å². The number of aromatic nitrogens is 4. The summed E-state index contributed by atoms with van der Waals surface area (Å²) in [5, 5.41) is 13.7. The van der Waals surface area contributed by atoms with E-state index in [1.807, 2.05) is 12.1 Å². The van der Waals surface area contributed by atoms with Gasteiger partial charge in [0.15, 0.2) is 11.6 Å². The summed E-state index contributed by atoms with van der Waals surface area (Å²) in [6.07, 6.45) is 7.74. The monoisotopic (exact) mass is 883 g/mol. The van der Waals surface area contributed by atoms with Gasteiger partial charge in [-0.2, -0.15) is 9.97 Å². The van der Waals surface area contributed by atoms with Crippen molar-refractivity contribution in [2.75, 3.05) is 5.32 Å². The third-order valence-electron chi connectivity index (χ3n) is 13.9. The van der Waals surface area contributed by atoms with Crippen LogP contribution in [0.5, 0.6) is 0 Å². The van der Waals surface area contributed by atoms with E-state index in [2.05, 4.69) is 235 Å². The smallest absolute Gasteiger partial charge is 0.238 e. The lowest BCUT2D eigenvalue weighted by Crippen LogP contribution is -2.07. The van der Waals surface area contributed by atoms with Gasteiger partial charge in [-0.05, 0) is 115 Å². The third-order valence-corrected chi connectivity index (χ3v) is 13.9. The van der Waals surface area contributed by atoms with Crippen LogP contribution in [0.1, 0.15) is 18.9 Å². The van der Waals surface area contributed by atoms with E-state index < -0.39 is 0 Å². The molecule has 326 valence electrons. The number of benzene rings is 10. The molecule has 10 aromatic carbocycles. The van der Waals surface area contributed by atoms with E-state index >= 15 is 0 Å². The maximum Gasteiger partial charge on any atom is 0.238 e. The summed E-state index contributed by atoms with van der Waals surface area (Å²) < 4.78 is 2.23. The second-order valence-corrected chi connectivity index (χ2v) is 18.1. The van der Waals surface area contributed by atoms with Gasteiger partial charge in [0.2, 0.25) is 5.95 Å². The van der Waals surface area contributed by atoms with Crippen LogP contribution in [0.25, 0.3) is 111 Å². The molecule has 69 heavy (non-hydrogen) atoms. The van der Waals surface area contributed by atoms with Gasteiger partial charge >= 0.3 is 0 Å². The molecule has 1 unspecified atom stereocenters. The Hall–Kier alpha value is -8.93. The van der Waals surface area contributed by atoms with E-state index in [1.165, 1.54) is 43.5 Å². The molecule has 1 aliphatic rings. The molecule has 0 fully saturated rings. The van der Waals surface area contributed by atoms with E-state index in [9.17, 15) is 0 Å². The van der Waals surface area contributed by atoms with Crippen LogP contribution in [0.2, 0.25) is 0 Å². The molecule has 1 aliphatic carbocycles. The fraction of sp³-hybridized carbons (Fsp3) is 0.0469. The molecule has 5 heteroatoms. The summed E-state index contributed by atoms with van der Waals surface area (Å²) in [7, 11) is 0. The molecule has 0 radical (unpaired) electrons. The zero-order valence-corrected chi connectivity index (χ0v) is 38.0. The van der Waals surface area contributed by atoms with Crippen LogP contribution in [0, 0.1) is 5.92 Å². The number of hydrogen-bond acceptors (Lipinski definition) is 4. The quantitative estimate of drug-likeness (QED) is 0.155. The first-order valence-electron chi connectivity index (χ1n) is 23.7. The van der Waals surface area contributed by atoms with E-state index in [-0.39, 0.29) is 0 Å². The van der Waals surface area contributed by atoms with E-state index in [0.717, 1.165) is 73.0 Å². The maximum atomic E-state index is 5.41.